The summed E-state index contributed by atoms with van der Waals surface area (Å²) >= 11 is 4.36. The van der Waals surface area contributed by atoms with Crippen molar-refractivity contribution >= 4 is 50.1 Å². The van der Waals surface area contributed by atoms with Gasteiger partial charge in [0.15, 0.2) is 5.60 Å². The molecule has 0 saturated heterocycles. The van der Waals surface area contributed by atoms with Crippen molar-refractivity contribution < 1.29 is 19.1 Å². The van der Waals surface area contributed by atoms with Gasteiger partial charge in [-0.1, -0.05) is 0 Å². The molecule has 1 heterocycles. The molecule has 0 atom stereocenters. The van der Waals surface area contributed by atoms with E-state index < -0.39 is 23.4 Å². The molecule has 19 heavy (non-hydrogen) atoms. The standard InChI is InChI=1S/C11H13BrN2O4S/c1-5(15)18-11(2,3)10(17)14-9-6(8(13)16)4-7(12)19-9/h4H,1-3H3,(H2,13,16)(H,14,17). The Morgan fingerprint density at radius 3 is 2.47 bits per heavy atom. The predicted octanol–water partition coefficient (Wildman–Crippen LogP) is 1.89. The van der Waals surface area contributed by atoms with Crippen LogP contribution >= 0.6 is 27.3 Å². The number of carbonyl (C=O) groups excluding carboxylic acids is 3. The first-order valence-electron chi connectivity index (χ1n) is 5.23. The highest BCUT2D eigenvalue weighted by molar-refractivity contribution is 9.11. The van der Waals surface area contributed by atoms with Gasteiger partial charge >= 0.3 is 5.97 Å². The Balaban J connectivity index is 2.94. The molecule has 0 saturated carbocycles. The number of hydrogen-bond acceptors (Lipinski definition) is 5. The van der Waals surface area contributed by atoms with E-state index in [4.69, 9.17) is 10.5 Å². The summed E-state index contributed by atoms with van der Waals surface area (Å²) in [6, 6.07) is 1.52. The number of amides is 2. The van der Waals surface area contributed by atoms with Gasteiger partial charge in [0.2, 0.25) is 0 Å². The first-order chi connectivity index (χ1) is 8.63. The minimum absolute atomic E-state index is 0.198. The Labute approximate surface area is 122 Å². The summed E-state index contributed by atoms with van der Waals surface area (Å²) < 4.78 is 5.56. The second kappa shape index (κ2) is 5.70. The lowest BCUT2D eigenvalue weighted by molar-refractivity contribution is -0.160. The van der Waals surface area contributed by atoms with Crippen molar-refractivity contribution in [2.24, 2.45) is 5.73 Å². The third kappa shape index (κ3) is 4.03. The van der Waals surface area contributed by atoms with Gasteiger partial charge in [0.05, 0.1) is 9.35 Å². The molecule has 0 unspecified atom stereocenters. The van der Waals surface area contributed by atoms with Gasteiger partial charge in [0.25, 0.3) is 11.8 Å². The number of rotatable bonds is 4. The summed E-state index contributed by atoms with van der Waals surface area (Å²) in [4.78, 5) is 34.1. The van der Waals surface area contributed by atoms with Crippen LogP contribution in [-0.4, -0.2) is 23.4 Å². The van der Waals surface area contributed by atoms with Crippen LogP contribution in [0.25, 0.3) is 0 Å². The van der Waals surface area contributed by atoms with Crippen molar-refractivity contribution in [3.05, 3.63) is 15.4 Å². The van der Waals surface area contributed by atoms with Gasteiger partial charge in [-0.15, -0.1) is 11.3 Å². The van der Waals surface area contributed by atoms with E-state index >= 15 is 0 Å². The van der Waals surface area contributed by atoms with Crippen LogP contribution in [-0.2, 0) is 14.3 Å². The van der Waals surface area contributed by atoms with Crippen LogP contribution in [0, 0.1) is 0 Å². The molecule has 0 aliphatic heterocycles. The van der Waals surface area contributed by atoms with E-state index in [2.05, 4.69) is 21.2 Å². The molecular weight excluding hydrogens is 336 g/mol. The smallest absolute Gasteiger partial charge is 0.303 e. The van der Waals surface area contributed by atoms with E-state index in [0.29, 0.717) is 8.79 Å². The number of nitrogens with two attached hydrogens (primary N) is 1. The van der Waals surface area contributed by atoms with Crippen molar-refractivity contribution in [3.8, 4) is 0 Å². The Kier molecular flexibility index (Phi) is 4.70. The number of halogens is 1. The second-order valence-corrected chi connectivity index (χ2v) is 6.65. The molecule has 1 aromatic rings. The first-order valence-corrected chi connectivity index (χ1v) is 6.84. The maximum Gasteiger partial charge on any atom is 0.303 e. The topological polar surface area (TPSA) is 98.5 Å². The predicted molar refractivity (Wildman–Crippen MR) is 75.0 cm³/mol. The van der Waals surface area contributed by atoms with E-state index in [1.54, 1.807) is 0 Å². The zero-order valence-electron chi connectivity index (χ0n) is 10.6. The molecule has 0 radical (unpaired) electrons. The monoisotopic (exact) mass is 348 g/mol. The fraction of sp³-hybridized carbons (Fsp3) is 0.364. The van der Waals surface area contributed by atoms with Gasteiger partial charge in [-0.3, -0.25) is 14.4 Å². The molecule has 0 spiro atoms. The highest BCUT2D eigenvalue weighted by Gasteiger charge is 2.32. The Morgan fingerprint density at radius 1 is 1.42 bits per heavy atom. The van der Waals surface area contributed by atoms with E-state index in [-0.39, 0.29) is 5.56 Å². The molecule has 0 bridgehead atoms. The molecule has 1 aromatic heterocycles. The average Bonchev–Trinajstić information content (AvgIpc) is 2.57. The molecule has 0 fully saturated rings. The minimum atomic E-state index is -1.34. The quantitative estimate of drug-likeness (QED) is 0.811. The lowest BCUT2D eigenvalue weighted by Gasteiger charge is -2.22. The summed E-state index contributed by atoms with van der Waals surface area (Å²) in [6.45, 7) is 4.12. The number of esters is 1. The van der Waals surface area contributed by atoms with Crippen molar-refractivity contribution in [1.29, 1.82) is 0 Å². The van der Waals surface area contributed by atoms with E-state index in [0.717, 1.165) is 11.3 Å². The van der Waals surface area contributed by atoms with Crippen LogP contribution in [0.4, 0.5) is 5.00 Å². The maximum absolute atomic E-state index is 12.0. The fourth-order valence-corrected chi connectivity index (χ4v) is 2.80. The minimum Gasteiger partial charge on any atom is -0.450 e. The number of thiophene rings is 1. The molecule has 0 aromatic carbocycles. The maximum atomic E-state index is 12.0. The van der Waals surface area contributed by atoms with Crippen LogP contribution in [0.15, 0.2) is 9.85 Å². The number of nitrogens with one attached hydrogen (secondary N) is 1. The molecule has 3 N–H and O–H groups in total. The Morgan fingerprint density at radius 2 is 2.00 bits per heavy atom. The molecule has 6 nitrogen and oxygen atoms in total. The largest absolute Gasteiger partial charge is 0.450 e. The van der Waals surface area contributed by atoms with Crippen LogP contribution in [0.5, 0.6) is 0 Å². The van der Waals surface area contributed by atoms with Gasteiger partial charge < -0.3 is 15.8 Å². The van der Waals surface area contributed by atoms with Crippen molar-refractivity contribution in [1.82, 2.24) is 0 Å². The van der Waals surface area contributed by atoms with Crippen LogP contribution in [0.2, 0.25) is 0 Å². The first kappa shape index (κ1) is 15.6. The number of carbonyl (C=O) groups is 3. The van der Waals surface area contributed by atoms with Gasteiger partial charge in [-0.2, -0.15) is 0 Å². The summed E-state index contributed by atoms with van der Waals surface area (Å²) in [5, 5.41) is 2.84. The molecule has 8 heteroatoms. The van der Waals surface area contributed by atoms with Crippen LogP contribution < -0.4 is 11.1 Å². The summed E-state index contributed by atoms with van der Waals surface area (Å²) in [7, 11) is 0. The van der Waals surface area contributed by atoms with Gasteiger partial charge in [-0.25, -0.2) is 0 Å². The van der Waals surface area contributed by atoms with E-state index in [1.165, 1.54) is 26.8 Å². The lowest BCUT2D eigenvalue weighted by atomic mass is 10.1. The molecule has 0 aliphatic carbocycles. The normalized spacial score (nSPS) is 10.9. The lowest BCUT2D eigenvalue weighted by Crippen LogP contribution is -2.41. The van der Waals surface area contributed by atoms with E-state index in [1.807, 2.05) is 0 Å². The third-order valence-corrected chi connectivity index (χ3v) is 3.69. The van der Waals surface area contributed by atoms with E-state index in [9.17, 15) is 14.4 Å². The number of primary amides is 1. The van der Waals surface area contributed by atoms with Crippen molar-refractivity contribution in [2.75, 3.05) is 5.32 Å². The van der Waals surface area contributed by atoms with Crippen LogP contribution in [0.1, 0.15) is 31.1 Å². The van der Waals surface area contributed by atoms with Crippen LogP contribution in [0.3, 0.4) is 0 Å². The summed E-state index contributed by atoms with van der Waals surface area (Å²) in [5.41, 5.74) is 4.07. The fourth-order valence-electron chi connectivity index (χ4n) is 1.30. The zero-order valence-corrected chi connectivity index (χ0v) is 13.0. The molecule has 1 rings (SSSR count). The average molecular weight is 349 g/mol. The molecule has 0 aliphatic rings. The van der Waals surface area contributed by atoms with Crippen molar-refractivity contribution in [3.63, 3.8) is 0 Å². The van der Waals surface area contributed by atoms with Gasteiger partial charge in [0, 0.05) is 6.92 Å². The number of ether oxygens (including phenoxy) is 1. The summed E-state index contributed by atoms with van der Waals surface area (Å²) in [5.74, 6) is -1.76. The third-order valence-electron chi connectivity index (χ3n) is 2.14. The second-order valence-electron chi connectivity index (χ2n) is 4.22. The van der Waals surface area contributed by atoms with Gasteiger partial charge in [0.1, 0.15) is 5.00 Å². The highest BCUT2D eigenvalue weighted by atomic mass is 79.9. The van der Waals surface area contributed by atoms with Gasteiger partial charge in [-0.05, 0) is 35.8 Å². The number of anilines is 1. The van der Waals surface area contributed by atoms with Crippen molar-refractivity contribution in [2.45, 2.75) is 26.4 Å². The highest BCUT2D eigenvalue weighted by Crippen LogP contribution is 2.32. The molecule has 104 valence electrons. The molecular formula is C11H13BrN2O4S. The summed E-state index contributed by atoms with van der Waals surface area (Å²) in [6.07, 6.45) is 0. The number of hydrogen-bond donors (Lipinski definition) is 2. The Hall–Kier alpha value is -1.41. The Bertz CT molecular complexity index is 539. The molecule has 2 amide bonds. The SMILES string of the molecule is CC(=O)OC(C)(C)C(=O)Nc1sc(Br)cc1C(N)=O. The zero-order chi connectivity index (χ0) is 14.8.